The zero-order valence-electron chi connectivity index (χ0n) is 9.64. The third-order valence-electron chi connectivity index (χ3n) is 2.55. The van der Waals surface area contributed by atoms with Crippen LogP contribution in [0.2, 0.25) is 0 Å². The summed E-state index contributed by atoms with van der Waals surface area (Å²) < 4.78 is 0. The van der Waals surface area contributed by atoms with Gasteiger partial charge < -0.3 is 10.4 Å². The molecule has 0 fully saturated rings. The minimum atomic E-state index is -0.209. The Balaban J connectivity index is 3.50. The summed E-state index contributed by atoms with van der Waals surface area (Å²) in [4.78, 5) is 0. The summed E-state index contributed by atoms with van der Waals surface area (Å²) in [7, 11) is 0. The molecule has 0 aromatic carbocycles. The maximum Gasteiger partial charge on any atom is 0.0692 e. The number of rotatable bonds is 7. The van der Waals surface area contributed by atoms with Crippen LogP contribution < -0.4 is 5.32 Å². The predicted octanol–water partition coefficient (Wildman–Crippen LogP) is 1.79. The summed E-state index contributed by atoms with van der Waals surface area (Å²) >= 11 is 0. The standard InChI is InChI=1S/C12H23NO/c1-4-7-8-9-13-10-12(14)11(5-2)6-3/h11-14H,5-6,8-10H2,1-3H3. The van der Waals surface area contributed by atoms with Gasteiger partial charge in [0.15, 0.2) is 0 Å². The maximum absolute atomic E-state index is 9.77. The van der Waals surface area contributed by atoms with Gasteiger partial charge in [-0.05, 0) is 12.8 Å². The van der Waals surface area contributed by atoms with E-state index in [0.29, 0.717) is 12.5 Å². The fourth-order valence-corrected chi connectivity index (χ4v) is 1.53. The lowest BCUT2D eigenvalue weighted by atomic mass is 9.96. The van der Waals surface area contributed by atoms with E-state index in [-0.39, 0.29) is 6.10 Å². The van der Waals surface area contributed by atoms with E-state index in [0.717, 1.165) is 25.8 Å². The Morgan fingerprint density at radius 1 is 1.29 bits per heavy atom. The van der Waals surface area contributed by atoms with Crippen molar-refractivity contribution in [1.29, 1.82) is 0 Å². The molecule has 0 aliphatic rings. The predicted molar refractivity (Wildman–Crippen MR) is 61.0 cm³/mol. The number of hydrogen-bond donors (Lipinski definition) is 2. The molecular formula is C12H23NO. The Hall–Kier alpha value is -0.520. The van der Waals surface area contributed by atoms with Gasteiger partial charge in [0.2, 0.25) is 0 Å². The zero-order valence-corrected chi connectivity index (χ0v) is 9.64. The van der Waals surface area contributed by atoms with Crippen molar-refractivity contribution in [3.8, 4) is 11.8 Å². The second kappa shape index (κ2) is 9.05. The van der Waals surface area contributed by atoms with Crippen molar-refractivity contribution >= 4 is 0 Å². The zero-order chi connectivity index (χ0) is 10.8. The van der Waals surface area contributed by atoms with Crippen molar-refractivity contribution in [1.82, 2.24) is 5.32 Å². The van der Waals surface area contributed by atoms with Crippen LogP contribution in [0.1, 0.15) is 40.0 Å². The molecule has 1 unspecified atom stereocenters. The van der Waals surface area contributed by atoms with Crippen LogP contribution in [0, 0.1) is 17.8 Å². The van der Waals surface area contributed by atoms with Gasteiger partial charge in [-0.1, -0.05) is 26.7 Å². The molecule has 0 bridgehead atoms. The lowest BCUT2D eigenvalue weighted by Crippen LogP contribution is -2.32. The molecule has 2 heteroatoms. The number of hydrogen-bond acceptors (Lipinski definition) is 2. The van der Waals surface area contributed by atoms with Crippen LogP contribution >= 0.6 is 0 Å². The molecule has 0 aliphatic heterocycles. The molecule has 0 amide bonds. The van der Waals surface area contributed by atoms with Crippen molar-refractivity contribution in [2.75, 3.05) is 13.1 Å². The lowest BCUT2D eigenvalue weighted by Gasteiger charge is -2.20. The first-order valence-electron chi connectivity index (χ1n) is 5.54. The van der Waals surface area contributed by atoms with E-state index in [4.69, 9.17) is 0 Å². The van der Waals surface area contributed by atoms with E-state index in [2.05, 4.69) is 31.0 Å². The molecule has 0 rings (SSSR count). The fourth-order valence-electron chi connectivity index (χ4n) is 1.53. The van der Waals surface area contributed by atoms with Crippen molar-refractivity contribution in [3.05, 3.63) is 0 Å². The van der Waals surface area contributed by atoms with Crippen molar-refractivity contribution in [2.24, 2.45) is 5.92 Å². The van der Waals surface area contributed by atoms with E-state index >= 15 is 0 Å². The number of aliphatic hydroxyl groups is 1. The highest BCUT2D eigenvalue weighted by Crippen LogP contribution is 2.11. The van der Waals surface area contributed by atoms with Gasteiger partial charge in [-0.3, -0.25) is 0 Å². The smallest absolute Gasteiger partial charge is 0.0692 e. The van der Waals surface area contributed by atoms with Crippen LogP contribution in [0.25, 0.3) is 0 Å². The number of aliphatic hydroxyl groups excluding tert-OH is 1. The average molecular weight is 197 g/mol. The van der Waals surface area contributed by atoms with E-state index < -0.39 is 0 Å². The molecule has 1 atom stereocenters. The largest absolute Gasteiger partial charge is 0.392 e. The lowest BCUT2D eigenvalue weighted by molar-refractivity contribution is 0.102. The summed E-state index contributed by atoms with van der Waals surface area (Å²) in [5, 5.41) is 13.0. The minimum Gasteiger partial charge on any atom is -0.392 e. The number of nitrogens with one attached hydrogen (secondary N) is 1. The van der Waals surface area contributed by atoms with Gasteiger partial charge in [-0.2, -0.15) is 0 Å². The molecule has 82 valence electrons. The molecule has 0 saturated heterocycles. The molecule has 0 radical (unpaired) electrons. The molecule has 2 N–H and O–H groups in total. The summed E-state index contributed by atoms with van der Waals surface area (Å²) in [6.07, 6.45) is 2.76. The fraction of sp³-hybridized carbons (Fsp3) is 0.833. The quantitative estimate of drug-likeness (QED) is 0.482. The van der Waals surface area contributed by atoms with Crippen LogP contribution in [-0.4, -0.2) is 24.3 Å². The van der Waals surface area contributed by atoms with Crippen LogP contribution in [-0.2, 0) is 0 Å². The Bertz CT molecular complexity index is 176. The van der Waals surface area contributed by atoms with E-state index in [1.807, 2.05) is 6.92 Å². The summed E-state index contributed by atoms with van der Waals surface area (Å²) in [5.74, 6) is 6.26. The highest BCUT2D eigenvalue weighted by molar-refractivity contribution is 4.95. The Labute approximate surface area is 88.1 Å². The van der Waals surface area contributed by atoms with E-state index in [9.17, 15) is 5.11 Å². The van der Waals surface area contributed by atoms with Crippen LogP contribution in [0.4, 0.5) is 0 Å². The third kappa shape index (κ3) is 6.01. The summed E-state index contributed by atoms with van der Waals surface area (Å²) in [6.45, 7) is 7.66. The topological polar surface area (TPSA) is 32.3 Å². The van der Waals surface area contributed by atoms with Gasteiger partial charge in [0.05, 0.1) is 6.10 Å². The summed E-state index contributed by atoms with van der Waals surface area (Å²) in [5.41, 5.74) is 0. The molecule has 0 aromatic rings. The molecule has 0 aromatic heterocycles. The van der Waals surface area contributed by atoms with Gasteiger partial charge in [-0.15, -0.1) is 11.8 Å². The SMILES string of the molecule is CC#CCCNCC(O)C(CC)CC. The van der Waals surface area contributed by atoms with E-state index in [1.54, 1.807) is 0 Å². The first kappa shape index (κ1) is 13.5. The molecule has 0 spiro atoms. The van der Waals surface area contributed by atoms with Crippen LogP contribution in [0.15, 0.2) is 0 Å². The van der Waals surface area contributed by atoms with Crippen molar-refractivity contribution in [2.45, 2.75) is 46.1 Å². The molecule has 0 saturated carbocycles. The monoisotopic (exact) mass is 197 g/mol. The molecule has 2 nitrogen and oxygen atoms in total. The maximum atomic E-state index is 9.77. The van der Waals surface area contributed by atoms with Crippen molar-refractivity contribution in [3.63, 3.8) is 0 Å². The Kier molecular flexibility index (Phi) is 8.72. The average Bonchev–Trinajstić information content (AvgIpc) is 2.19. The molecule has 0 heterocycles. The molecule has 0 aliphatic carbocycles. The Morgan fingerprint density at radius 2 is 1.93 bits per heavy atom. The highest BCUT2D eigenvalue weighted by Gasteiger charge is 2.13. The second-order valence-electron chi connectivity index (χ2n) is 3.52. The molecule has 14 heavy (non-hydrogen) atoms. The van der Waals surface area contributed by atoms with Gasteiger partial charge in [0.1, 0.15) is 0 Å². The second-order valence-corrected chi connectivity index (χ2v) is 3.52. The summed E-state index contributed by atoms with van der Waals surface area (Å²) in [6, 6.07) is 0. The normalized spacial score (nSPS) is 12.4. The first-order valence-corrected chi connectivity index (χ1v) is 5.54. The van der Waals surface area contributed by atoms with Crippen LogP contribution in [0.3, 0.4) is 0 Å². The molecular weight excluding hydrogens is 174 g/mol. The Morgan fingerprint density at radius 3 is 2.43 bits per heavy atom. The van der Waals surface area contributed by atoms with Crippen LogP contribution in [0.5, 0.6) is 0 Å². The third-order valence-corrected chi connectivity index (χ3v) is 2.55. The van der Waals surface area contributed by atoms with Crippen molar-refractivity contribution < 1.29 is 5.11 Å². The minimum absolute atomic E-state index is 0.209. The van der Waals surface area contributed by atoms with E-state index in [1.165, 1.54) is 0 Å². The van der Waals surface area contributed by atoms with Gasteiger partial charge >= 0.3 is 0 Å². The van der Waals surface area contributed by atoms with Gasteiger partial charge in [0, 0.05) is 19.5 Å². The highest BCUT2D eigenvalue weighted by atomic mass is 16.3. The first-order chi connectivity index (χ1) is 6.76. The van der Waals surface area contributed by atoms with Gasteiger partial charge in [-0.25, -0.2) is 0 Å². The van der Waals surface area contributed by atoms with Gasteiger partial charge in [0.25, 0.3) is 0 Å².